The molecule has 1 heterocycles. The SMILES string of the molecule is C[C@@](CO)(OC(N)=O)C(=O)Nc1ccc(OCC2=CC=IC=C2)cc1. The molecule has 0 spiro atoms. The second-order valence-electron chi connectivity index (χ2n) is 5.36. The van der Waals surface area contributed by atoms with E-state index in [1.165, 1.54) is 6.92 Å². The number of nitrogens with one attached hydrogen (secondary N) is 1. The van der Waals surface area contributed by atoms with Crippen LogP contribution < -0.4 is 15.8 Å². The van der Waals surface area contributed by atoms with Gasteiger partial charge in [-0.25, -0.2) is 4.79 Å². The Labute approximate surface area is 155 Å². The Morgan fingerprint density at radius 2 is 2.04 bits per heavy atom. The van der Waals surface area contributed by atoms with Crippen LogP contribution >= 0.6 is 20.7 Å². The number of aliphatic hydroxyl groups is 1. The Kier molecular flexibility index (Phi) is 6.71. The maximum atomic E-state index is 12.2. The number of halogens is 1. The van der Waals surface area contributed by atoms with Gasteiger partial charge in [0.05, 0.1) is 6.61 Å². The molecule has 134 valence electrons. The molecule has 2 rings (SSSR count). The molecule has 7 nitrogen and oxygen atoms in total. The normalized spacial score (nSPS) is 15.4. The van der Waals surface area contributed by atoms with Crippen LogP contribution in [0.3, 0.4) is 0 Å². The van der Waals surface area contributed by atoms with Crippen LogP contribution in [0.2, 0.25) is 0 Å². The van der Waals surface area contributed by atoms with Gasteiger partial charge in [0.15, 0.2) is 0 Å². The quantitative estimate of drug-likeness (QED) is 0.542. The highest BCUT2D eigenvalue weighted by molar-refractivity contribution is 14.2. The summed E-state index contributed by atoms with van der Waals surface area (Å²) in [6, 6.07) is 6.73. The molecule has 4 N–H and O–H groups in total. The van der Waals surface area contributed by atoms with Crippen molar-refractivity contribution in [1.29, 1.82) is 0 Å². The minimum Gasteiger partial charge on any atom is -0.489 e. The van der Waals surface area contributed by atoms with Crippen LogP contribution in [-0.2, 0) is 9.53 Å². The number of hydrogen-bond donors (Lipinski definition) is 3. The molecule has 0 radical (unpaired) electrons. The zero-order valence-corrected chi connectivity index (χ0v) is 15.7. The maximum absolute atomic E-state index is 12.2. The lowest BCUT2D eigenvalue weighted by molar-refractivity contribution is -0.136. The van der Waals surface area contributed by atoms with Crippen molar-refractivity contribution in [2.24, 2.45) is 5.73 Å². The third kappa shape index (κ3) is 5.68. The molecule has 0 bridgehead atoms. The zero-order chi connectivity index (χ0) is 18.3. The second-order valence-corrected chi connectivity index (χ2v) is 7.52. The average Bonchev–Trinajstić information content (AvgIpc) is 2.61. The van der Waals surface area contributed by atoms with Crippen molar-refractivity contribution in [2.75, 3.05) is 18.5 Å². The molecule has 0 aromatic heterocycles. The number of ether oxygens (including phenoxy) is 2. The van der Waals surface area contributed by atoms with Crippen molar-refractivity contribution in [1.82, 2.24) is 0 Å². The van der Waals surface area contributed by atoms with Gasteiger partial charge in [-0.3, -0.25) is 4.79 Å². The first-order valence-corrected chi connectivity index (χ1v) is 9.86. The van der Waals surface area contributed by atoms with Crippen molar-refractivity contribution in [2.45, 2.75) is 12.5 Å². The van der Waals surface area contributed by atoms with Crippen molar-refractivity contribution in [3.8, 4) is 5.75 Å². The smallest absolute Gasteiger partial charge is 0.405 e. The van der Waals surface area contributed by atoms with E-state index in [0.29, 0.717) is 18.0 Å². The van der Waals surface area contributed by atoms with Gasteiger partial charge in [-0.15, -0.1) is 0 Å². The van der Waals surface area contributed by atoms with Crippen LogP contribution in [0, 0.1) is 0 Å². The Hall–Kier alpha value is -2.20. The third-order valence-corrected chi connectivity index (χ3v) is 4.87. The molecule has 1 atom stereocenters. The first-order chi connectivity index (χ1) is 11.9. The van der Waals surface area contributed by atoms with E-state index in [4.69, 9.17) is 10.5 Å². The van der Waals surface area contributed by atoms with Gasteiger partial charge < -0.3 is 25.6 Å². The van der Waals surface area contributed by atoms with Crippen LogP contribution in [0.25, 0.3) is 0 Å². The molecule has 0 aliphatic carbocycles. The minimum atomic E-state index is -1.75. The van der Waals surface area contributed by atoms with Crippen molar-refractivity contribution >= 4 is 42.4 Å². The number of hydrogen-bond acceptors (Lipinski definition) is 5. The zero-order valence-electron chi connectivity index (χ0n) is 13.6. The predicted molar refractivity (Wildman–Crippen MR) is 104 cm³/mol. The van der Waals surface area contributed by atoms with Crippen LogP contribution in [0.5, 0.6) is 5.75 Å². The summed E-state index contributed by atoms with van der Waals surface area (Å²) in [6.07, 6.45) is 2.99. The first-order valence-electron chi connectivity index (χ1n) is 7.37. The van der Waals surface area contributed by atoms with E-state index in [9.17, 15) is 14.7 Å². The molecule has 0 saturated carbocycles. The number of amides is 2. The molecule has 0 unspecified atom stereocenters. The molecule has 1 aromatic carbocycles. The Balaban J connectivity index is 1.94. The average molecular weight is 458 g/mol. The van der Waals surface area contributed by atoms with Crippen LogP contribution in [0.1, 0.15) is 6.92 Å². The largest absolute Gasteiger partial charge is 0.489 e. The van der Waals surface area contributed by atoms with E-state index in [2.05, 4.69) is 30.3 Å². The van der Waals surface area contributed by atoms with E-state index in [0.717, 1.165) is 5.57 Å². The van der Waals surface area contributed by atoms with Crippen LogP contribution in [0.15, 0.2) is 46.1 Å². The topological polar surface area (TPSA) is 111 Å². The summed E-state index contributed by atoms with van der Waals surface area (Å²) < 4.78 is 14.7. The number of nitrogens with two attached hydrogens (primary N) is 1. The fourth-order valence-corrected chi connectivity index (χ4v) is 3.44. The van der Waals surface area contributed by atoms with Gasteiger partial charge in [0.1, 0.15) is 12.4 Å². The molecule has 0 saturated heterocycles. The number of anilines is 1. The molecule has 8 heteroatoms. The summed E-state index contributed by atoms with van der Waals surface area (Å²) in [6.45, 7) is 1.05. The van der Waals surface area contributed by atoms with Gasteiger partial charge in [0, 0.05) is 5.69 Å². The van der Waals surface area contributed by atoms with Crippen molar-refractivity contribution < 1.29 is 24.2 Å². The van der Waals surface area contributed by atoms with E-state index in [1.807, 2.05) is 0 Å². The number of primary amides is 1. The van der Waals surface area contributed by atoms with Gasteiger partial charge in [-0.05, 0) is 57.0 Å². The lowest BCUT2D eigenvalue weighted by Crippen LogP contribution is -2.48. The number of carbonyl (C=O) groups excluding carboxylic acids is 2. The standard InChI is InChI=1S/C17H19IN2O5/c1-17(11-21,25-16(19)23)15(22)20-13-2-4-14(5-3-13)24-10-12-6-8-18-9-7-12/h2-9,21H,10-11H2,1H3,(H2,19,23)(H,20,22)/t17-/m0/s1. The third-order valence-electron chi connectivity index (χ3n) is 3.33. The number of rotatable bonds is 7. The number of carbonyl (C=O) groups is 2. The highest BCUT2D eigenvalue weighted by Crippen LogP contribution is 2.19. The second kappa shape index (κ2) is 8.77. The molecule has 1 aromatic rings. The van der Waals surface area contributed by atoms with Gasteiger partial charge in [-0.1, -0.05) is 20.7 Å². The number of benzene rings is 1. The summed E-state index contributed by atoms with van der Waals surface area (Å²) >= 11 is 0.0556. The molecule has 2 amide bonds. The Bertz CT molecular complexity index is 727. The highest BCUT2D eigenvalue weighted by Gasteiger charge is 2.36. The van der Waals surface area contributed by atoms with E-state index in [1.54, 1.807) is 24.3 Å². The van der Waals surface area contributed by atoms with E-state index >= 15 is 0 Å². The summed E-state index contributed by atoms with van der Waals surface area (Å²) in [5.41, 5.74) is 4.75. The van der Waals surface area contributed by atoms with Crippen molar-refractivity contribution in [3.63, 3.8) is 0 Å². The molecular formula is C17H19IN2O5. The Morgan fingerprint density at radius 1 is 1.32 bits per heavy atom. The fraction of sp³-hybridized carbons (Fsp3) is 0.235. The van der Waals surface area contributed by atoms with Crippen molar-refractivity contribution in [3.05, 3.63) is 46.1 Å². The highest BCUT2D eigenvalue weighted by atomic mass is 127. The number of aliphatic hydroxyl groups excluding tert-OH is 1. The van der Waals surface area contributed by atoms with Gasteiger partial charge in [0.25, 0.3) is 5.91 Å². The molecule has 1 aliphatic heterocycles. The lowest BCUT2D eigenvalue weighted by atomic mass is 10.1. The van der Waals surface area contributed by atoms with Crippen LogP contribution in [-0.4, -0.2) is 39.9 Å². The summed E-state index contributed by atoms with van der Waals surface area (Å²) in [7, 11) is 0. The van der Waals surface area contributed by atoms with Gasteiger partial charge in [0.2, 0.25) is 5.60 Å². The predicted octanol–water partition coefficient (Wildman–Crippen LogP) is 2.08. The molecule has 25 heavy (non-hydrogen) atoms. The monoisotopic (exact) mass is 458 g/mol. The lowest BCUT2D eigenvalue weighted by Gasteiger charge is -2.25. The van der Waals surface area contributed by atoms with E-state index in [-0.39, 0.29) is 20.7 Å². The van der Waals surface area contributed by atoms with E-state index < -0.39 is 24.2 Å². The fourth-order valence-electron chi connectivity index (χ4n) is 1.87. The Morgan fingerprint density at radius 3 is 2.60 bits per heavy atom. The first kappa shape index (κ1) is 19.1. The summed E-state index contributed by atoms with van der Waals surface area (Å²) in [5, 5.41) is 11.9. The van der Waals surface area contributed by atoms with Crippen LogP contribution in [0.4, 0.5) is 10.5 Å². The molecule has 0 fully saturated rings. The van der Waals surface area contributed by atoms with Gasteiger partial charge >= 0.3 is 6.09 Å². The minimum absolute atomic E-state index is 0.0556. The summed E-state index contributed by atoms with van der Waals surface area (Å²) in [5.74, 6) is -0.0234. The van der Waals surface area contributed by atoms with Gasteiger partial charge in [-0.2, -0.15) is 0 Å². The molecule has 1 aliphatic rings. The summed E-state index contributed by atoms with van der Waals surface area (Å²) in [4.78, 5) is 23.0. The maximum Gasteiger partial charge on any atom is 0.405 e. The number of allylic oxidation sites excluding steroid dienone is 1. The molecular weight excluding hydrogens is 439 g/mol.